The first-order valence-electron chi connectivity index (χ1n) is 13.6. The zero-order valence-corrected chi connectivity index (χ0v) is 23.3. The van der Waals surface area contributed by atoms with Crippen LogP contribution in [0.5, 0.6) is 5.75 Å². The Morgan fingerprint density at radius 2 is 1.61 bits per heavy atom. The van der Waals surface area contributed by atoms with E-state index in [9.17, 15) is 9.59 Å². The molecule has 0 fully saturated rings. The van der Waals surface area contributed by atoms with Gasteiger partial charge in [-0.1, -0.05) is 48.5 Å². The summed E-state index contributed by atoms with van der Waals surface area (Å²) in [4.78, 5) is 31.9. The number of rotatable bonds is 10. The van der Waals surface area contributed by atoms with Crippen molar-refractivity contribution in [2.24, 2.45) is 0 Å². The number of hydrogen-bond donors (Lipinski definition) is 2. The Balaban J connectivity index is 1.49. The van der Waals surface area contributed by atoms with Crippen LogP contribution in [0.2, 0.25) is 0 Å². The molecule has 8 heteroatoms. The number of nitrogens with one attached hydrogen (secondary N) is 2. The number of methoxy groups -OCH3 is 1. The van der Waals surface area contributed by atoms with Crippen molar-refractivity contribution in [3.8, 4) is 5.75 Å². The first kappa shape index (κ1) is 26.6. The van der Waals surface area contributed by atoms with E-state index in [2.05, 4.69) is 19.8 Å². The van der Waals surface area contributed by atoms with E-state index in [0.717, 1.165) is 33.9 Å². The molecule has 1 atom stereocenters. The number of imide groups is 1. The smallest absolute Gasteiger partial charge is 0.259 e. The largest absolute Gasteiger partial charge is 0.489 e. The standard InChI is InChI=1S/C33H32N4O4/c1-36(2)17-23(40-3)18-37-19-27(25-14-13-22(15-29(25)37)41-20-21-9-5-4-6-10-21)31-30(32(38)35-33(31)39)26-16-34-28-12-8-7-11-24(26)28/h4-16,19,23,34H,17-18,20H2,1-3H3,(H,35,38,39). The van der Waals surface area contributed by atoms with Crippen LogP contribution in [0, 0.1) is 0 Å². The quantitative estimate of drug-likeness (QED) is 0.244. The summed E-state index contributed by atoms with van der Waals surface area (Å²) >= 11 is 0. The van der Waals surface area contributed by atoms with E-state index >= 15 is 0 Å². The van der Waals surface area contributed by atoms with Crippen molar-refractivity contribution in [2.75, 3.05) is 27.7 Å². The van der Waals surface area contributed by atoms with E-state index in [4.69, 9.17) is 9.47 Å². The van der Waals surface area contributed by atoms with E-state index in [1.54, 1.807) is 13.3 Å². The van der Waals surface area contributed by atoms with Gasteiger partial charge in [0.25, 0.3) is 11.8 Å². The molecule has 1 aliphatic rings. The molecular formula is C33H32N4O4. The summed E-state index contributed by atoms with van der Waals surface area (Å²) in [6.07, 6.45) is 3.66. The third-order valence-electron chi connectivity index (χ3n) is 7.46. The number of H-pyrrole nitrogens is 1. The molecule has 5 aromatic rings. The van der Waals surface area contributed by atoms with Crippen LogP contribution in [0.1, 0.15) is 16.7 Å². The van der Waals surface area contributed by atoms with Gasteiger partial charge in [0, 0.05) is 59.5 Å². The molecule has 41 heavy (non-hydrogen) atoms. The summed E-state index contributed by atoms with van der Waals surface area (Å²) in [5.74, 6) is -0.0947. The Labute approximate surface area is 238 Å². The third kappa shape index (κ3) is 5.15. The van der Waals surface area contributed by atoms with Crippen molar-refractivity contribution in [3.63, 3.8) is 0 Å². The van der Waals surface area contributed by atoms with Gasteiger partial charge in [0.1, 0.15) is 12.4 Å². The number of benzene rings is 3. The zero-order valence-electron chi connectivity index (χ0n) is 23.3. The number of carbonyl (C=O) groups is 2. The maximum atomic E-state index is 13.4. The van der Waals surface area contributed by atoms with Gasteiger partial charge in [-0.15, -0.1) is 0 Å². The summed E-state index contributed by atoms with van der Waals surface area (Å²) in [6, 6.07) is 23.6. The third-order valence-corrected chi connectivity index (χ3v) is 7.46. The van der Waals surface area contributed by atoms with Crippen molar-refractivity contribution < 1.29 is 19.1 Å². The molecule has 0 radical (unpaired) electrons. The molecule has 0 saturated carbocycles. The summed E-state index contributed by atoms with van der Waals surface area (Å²) in [7, 11) is 5.72. The topological polar surface area (TPSA) is 88.6 Å². The van der Waals surface area contributed by atoms with Crippen LogP contribution in [0.15, 0.2) is 85.2 Å². The highest BCUT2D eigenvalue weighted by atomic mass is 16.5. The van der Waals surface area contributed by atoms with Gasteiger partial charge >= 0.3 is 0 Å². The van der Waals surface area contributed by atoms with Crippen LogP contribution in [0.25, 0.3) is 33.0 Å². The summed E-state index contributed by atoms with van der Waals surface area (Å²) in [5, 5.41) is 4.28. The second-order valence-corrected chi connectivity index (χ2v) is 10.5. The number of amides is 2. The predicted molar refractivity (Wildman–Crippen MR) is 160 cm³/mol. The fourth-order valence-corrected chi connectivity index (χ4v) is 5.53. The summed E-state index contributed by atoms with van der Waals surface area (Å²) in [6.45, 7) is 1.71. The van der Waals surface area contributed by atoms with Gasteiger partial charge in [-0.25, -0.2) is 0 Å². The molecule has 1 aliphatic heterocycles. The lowest BCUT2D eigenvalue weighted by Crippen LogP contribution is -2.31. The Morgan fingerprint density at radius 1 is 0.878 bits per heavy atom. The van der Waals surface area contributed by atoms with Gasteiger partial charge in [-0.2, -0.15) is 0 Å². The fraction of sp³-hybridized carbons (Fsp3) is 0.212. The second-order valence-electron chi connectivity index (χ2n) is 10.5. The molecule has 0 aliphatic carbocycles. The Morgan fingerprint density at radius 3 is 2.37 bits per heavy atom. The Hall–Kier alpha value is -4.66. The van der Waals surface area contributed by atoms with Gasteiger partial charge < -0.3 is 23.9 Å². The first-order chi connectivity index (χ1) is 19.9. The molecule has 2 N–H and O–H groups in total. The van der Waals surface area contributed by atoms with Crippen LogP contribution < -0.4 is 10.1 Å². The molecule has 1 unspecified atom stereocenters. The van der Waals surface area contributed by atoms with E-state index in [1.807, 2.05) is 93.1 Å². The number of likely N-dealkylation sites (N-methyl/N-ethyl adjacent to an activating group) is 1. The molecule has 6 rings (SSSR count). The van der Waals surface area contributed by atoms with Crippen LogP contribution in [0.4, 0.5) is 0 Å². The van der Waals surface area contributed by atoms with Crippen molar-refractivity contribution >= 4 is 44.8 Å². The van der Waals surface area contributed by atoms with E-state index in [1.165, 1.54) is 0 Å². The van der Waals surface area contributed by atoms with Crippen LogP contribution in [0.3, 0.4) is 0 Å². The Kier molecular flexibility index (Phi) is 7.17. The lowest BCUT2D eigenvalue weighted by atomic mass is 9.95. The van der Waals surface area contributed by atoms with Crippen LogP contribution in [-0.4, -0.2) is 60.1 Å². The molecule has 0 bridgehead atoms. The molecule has 2 aromatic heterocycles. The number of fused-ring (bicyclic) bond motifs is 2. The highest BCUT2D eigenvalue weighted by Crippen LogP contribution is 2.39. The molecule has 2 amide bonds. The number of carbonyl (C=O) groups excluding carboxylic acids is 2. The highest BCUT2D eigenvalue weighted by molar-refractivity contribution is 6.50. The number of ether oxygens (including phenoxy) is 2. The van der Waals surface area contributed by atoms with Gasteiger partial charge in [-0.05, 0) is 37.9 Å². The monoisotopic (exact) mass is 548 g/mol. The first-order valence-corrected chi connectivity index (χ1v) is 13.6. The van der Waals surface area contributed by atoms with Gasteiger partial charge in [0.2, 0.25) is 0 Å². The van der Waals surface area contributed by atoms with Crippen LogP contribution in [-0.2, 0) is 27.5 Å². The van der Waals surface area contributed by atoms with Crippen molar-refractivity contribution in [2.45, 2.75) is 19.3 Å². The normalized spacial score (nSPS) is 14.4. The minimum Gasteiger partial charge on any atom is -0.489 e. The van der Waals surface area contributed by atoms with Gasteiger partial charge in [-0.3, -0.25) is 14.9 Å². The lowest BCUT2D eigenvalue weighted by molar-refractivity contribution is -0.122. The average molecular weight is 549 g/mol. The number of para-hydroxylation sites is 1. The maximum absolute atomic E-state index is 13.4. The lowest BCUT2D eigenvalue weighted by Gasteiger charge is -2.20. The molecule has 208 valence electrons. The van der Waals surface area contributed by atoms with Crippen molar-refractivity contribution in [1.82, 2.24) is 19.8 Å². The number of nitrogens with zero attached hydrogens (tertiary/aromatic N) is 2. The van der Waals surface area contributed by atoms with Gasteiger partial charge in [0.05, 0.1) is 29.3 Å². The molecule has 0 spiro atoms. The molecule has 0 saturated heterocycles. The van der Waals surface area contributed by atoms with Gasteiger partial charge in [0.15, 0.2) is 0 Å². The molecular weight excluding hydrogens is 516 g/mol. The van der Waals surface area contributed by atoms with Crippen LogP contribution >= 0.6 is 0 Å². The summed E-state index contributed by atoms with van der Waals surface area (Å²) in [5.41, 5.74) is 4.99. The molecule has 3 heterocycles. The zero-order chi connectivity index (χ0) is 28.5. The van der Waals surface area contributed by atoms with E-state index in [0.29, 0.717) is 41.2 Å². The fourth-order valence-electron chi connectivity index (χ4n) is 5.53. The average Bonchev–Trinajstić information content (AvgIpc) is 3.64. The number of hydrogen-bond acceptors (Lipinski definition) is 5. The van der Waals surface area contributed by atoms with E-state index < -0.39 is 11.8 Å². The highest BCUT2D eigenvalue weighted by Gasteiger charge is 2.35. The number of aromatic nitrogens is 2. The molecule has 8 nitrogen and oxygen atoms in total. The number of aromatic amines is 1. The van der Waals surface area contributed by atoms with Crippen molar-refractivity contribution in [3.05, 3.63) is 102 Å². The minimum atomic E-state index is -0.407. The second kappa shape index (κ2) is 11.1. The maximum Gasteiger partial charge on any atom is 0.259 e. The minimum absolute atomic E-state index is 0.0940. The Bertz CT molecular complexity index is 1780. The SMILES string of the molecule is COC(CN(C)C)Cn1cc(C2=C(c3c[nH]c4ccccc34)C(=O)NC2=O)c2ccc(OCc3ccccc3)cc21. The molecule has 3 aromatic carbocycles. The van der Waals surface area contributed by atoms with E-state index in [-0.39, 0.29) is 6.10 Å². The summed E-state index contributed by atoms with van der Waals surface area (Å²) < 4.78 is 14.0. The predicted octanol–water partition coefficient (Wildman–Crippen LogP) is 4.85. The van der Waals surface area contributed by atoms with Crippen molar-refractivity contribution in [1.29, 1.82) is 0 Å².